The first-order valence-corrected chi connectivity index (χ1v) is 12.2. The second kappa shape index (κ2) is 9.99. The summed E-state index contributed by atoms with van der Waals surface area (Å²) in [6, 6.07) is 14.8. The normalized spacial score (nSPS) is 11.3. The number of aryl methyl sites for hydroxylation is 1. The van der Waals surface area contributed by atoms with E-state index in [4.69, 9.17) is 0 Å². The smallest absolute Gasteiger partial charge is 0.270 e. The molecule has 31 heavy (non-hydrogen) atoms. The fourth-order valence-corrected chi connectivity index (χ4v) is 4.97. The van der Waals surface area contributed by atoms with Crippen LogP contribution < -0.4 is 14.9 Å². The van der Waals surface area contributed by atoms with Gasteiger partial charge in [0, 0.05) is 30.9 Å². The summed E-state index contributed by atoms with van der Waals surface area (Å²) in [4.78, 5) is 14.6. The highest BCUT2D eigenvalue weighted by Gasteiger charge is 2.21. The van der Waals surface area contributed by atoms with Crippen LogP contribution in [-0.4, -0.2) is 37.6 Å². The van der Waals surface area contributed by atoms with Gasteiger partial charge in [-0.05, 0) is 50.1 Å². The Morgan fingerprint density at radius 1 is 1.03 bits per heavy atom. The van der Waals surface area contributed by atoms with Crippen molar-refractivity contribution in [3.63, 3.8) is 0 Å². The summed E-state index contributed by atoms with van der Waals surface area (Å²) in [5, 5.41) is 10.2. The summed E-state index contributed by atoms with van der Waals surface area (Å²) in [5.41, 5.74) is 3.23. The lowest BCUT2D eigenvalue weighted by molar-refractivity contribution is 0.102. The van der Waals surface area contributed by atoms with Gasteiger partial charge in [-0.2, -0.15) is 0 Å². The van der Waals surface area contributed by atoms with Gasteiger partial charge in [-0.25, -0.2) is 13.1 Å². The minimum atomic E-state index is -3.85. The number of sulfonamides is 1. The second-order valence-corrected chi connectivity index (χ2v) is 9.72. The van der Waals surface area contributed by atoms with Gasteiger partial charge in [0.05, 0.1) is 0 Å². The minimum Gasteiger partial charge on any atom is -0.372 e. The van der Waals surface area contributed by atoms with Crippen LogP contribution in [-0.2, 0) is 16.6 Å². The number of carbonyl (C=O) groups is 1. The highest BCUT2D eigenvalue weighted by Crippen LogP contribution is 2.21. The second-order valence-electron chi connectivity index (χ2n) is 6.81. The van der Waals surface area contributed by atoms with E-state index in [1.54, 1.807) is 12.1 Å². The summed E-state index contributed by atoms with van der Waals surface area (Å²) in [7, 11) is -3.85. The summed E-state index contributed by atoms with van der Waals surface area (Å²) < 4.78 is 27.5. The van der Waals surface area contributed by atoms with Crippen LogP contribution in [0.5, 0.6) is 0 Å². The number of nitrogens with zero attached hydrogens (tertiary/aromatic N) is 3. The van der Waals surface area contributed by atoms with Gasteiger partial charge in [-0.3, -0.25) is 10.1 Å². The van der Waals surface area contributed by atoms with Crippen molar-refractivity contribution in [2.45, 2.75) is 31.7 Å². The topological polar surface area (TPSA) is 104 Å². The summed E-state index contributed by atoms with van der Waals surface area (Å²) in [6.07, 6.45) is 0. The van der Waals surface area contributed by atoms with Crippen molar-refractivity contribution in [1.29, 1.82) is 0 Å². The van der Waals surface area contributed by atoms with Gasteiger partial charge >= 0.3 is 0 Å². The minimum absolute atomic E-state index is 0.122. The number of rotatable bonds is 9. The molecule has 0 fully saturated rings. The maximum absolute atomic E-state index is 12.6. The van der Waals surface area contributed by atoms with Crippen molar-refractivity contribution in [2.75, 3.05) is 23.3 Å². The molecular formula is C21H25N5O3S2. The Balaban J connectivity index is 1.63. The van der Waals surface area contributed by atoms with E-state index in [9.17, 15) is 13.2 Å². The van der Waals surface area contributed by atoms with Crippen LogP contribution in [0.4, 0.5) is 10.8 Å². The van der Waals surface area contributed by atoms with E-state index >= 15 is 0 Å². The van der Waals surface area contributed by atoms with E-state index in [0.29, 0.717) is 5.56 Å². The van der Waals surface area contributed by atoms with Gasteiger partial charge < -0.3 is 4.90 Å². The number of carbonyl (C=O) groups excluding carboxylic acids is 1. The molecule has 0 radical (unpaired) electrons. The van der Waals surface area contributed by atoms with Gasteiger partial charge in [0.1, 0.15) is 0 Å². The van der Waals surface area contributed by atoms with Gasteiger partial charge in [0.15, 0.2) is 0 Å². The molecule has 0 saturated carbocycles. The van der Waals surface area contributed by atoms with Crippen LogP contribution in [0.15, 0.2) is 52.9 Å². The molecular weight excluding hydrogens is 434 g/mol. The Morgan fingerprint density at radius 3 is 2.35 bits per heavy atom. The molecule has 2 aromatic carbocycles. The lowest BCUT2D eigenvalue weighted by Crippen LogP contribution is -2.23. The fraction of sp³-hybridized carbons (Fsp3) is 0.286. The molecule has 0 saturated heterocycles. The average molecular weight is 460 g/mol. The predicted molar refractivity (Wildman–Crippen MR) is 123 cm³/mol. The van der Waals surface area contributed by atoms with Gasteiger partial charge in [-0.1, -0.05) is 41.7 Å². The third-order valence-electron chi connectivity index (χ3n) is 4.78. The Bertz CT molecular complexity index is 1140. The average Bonchev–Trinajstić information content (AvgIpc) is 3.24. The molecule has 1 aromatic heterocycles. The highest BCUT2D eigenvalue weighted by molar-refractivity contribution is 7.91. The monoisotopic (exact) mass is 459 g/mol. The van der Waals surface area contributed by atoms with E-state index in [0.717, 1.165) is 41.2 Å². The first-order chi connectivity index (χ1) is 14.8. The SMILES string of the molecule is CCN(CC)c1ccc(CNS(=O)(=O)c2nnc(NC(=O)c3ccccc3C)s2)cc1. The van der Waals surface area contributed by atoms with E-state index in [1.807, 2.05) is 43.3 Å². The van der Waals surface area contributed by atoms with Crippen LogP contribution >= 0.6 is 11.3 Å². The van der Waals surface area contributed by atoms with Crippen LogP contribution in [0, 0.1) is 6.92 Å². The van der Waals surface area contributed by atoms with Crippen molar-refractivity contribution < 1.29 is 13.2 Å². The Morgan fingerprint density at radius 2 is 1.71 bits per heavy atom. The molecule has 2 N–H and O–H groups in total. The molecule has 3 aromatic rings. The standard InChI is InChI=1S/C21H25N5O3S2/c1-4-26(5-2)17-12-10-16(11-13-17)14-22-31(28,29)21-25-24-20(30-21)23-19(27)18-9-7-6-8-15(18)3/h6-13,22H,4-5,14H2,1-3H3,(H,23,24,27). The van der Waals surface area contributed by atoms with Crippen molar-refractivity contribution in [2.24, 2.45) is 0 Å². The van der Waals surface area contributed by atoms with E-state index in [2.05, 4.69) is 39.0 Å². The number of hydrogen-bond acceptors (Lipinski definition) is 7. The van der Waals surface area contributed by atoms with Crippen molar-refractivity contribution in [3.8, 4) is 0 Å². The lowest BCUT2D eigenvalue weighted by Gasteiger charge is -2.21. The molecule has 0 bridgehead atoms. The molecule has 164 valence electrons. The number of nitrogens with one attached hydrogen (secondary N) is 2. The number of benzene rings is 2. The lowest BCUT2D eigenvalue weighted by atomic mass is 10.1. The molecule has 3 rings (SSSR count). The molecule has 8 nitrogen and oxygen atoms in total. The van der Waals surface area contributed by atoms with Crippen LogP contribution in [0.3, 0.4) is 0 Å². The zero-order valence-corrected chi connectivity index (χ0v) is 19.3. The first-order valence-electron chi connectivity index (χ1n) is 9.88. The Labute approximate surface area is 186 Å². The van der Waals surface area contributed by atoms with Gasteiger partial charge in [0.25, 0.3) is 15.9 Å². The Kier molecular flexibility index (Phi) is 7.37. The van der Waals surface area contributed by atoms with E-state index < -0.39 is 10.0 Å². The number of aromatic nitrogens is 2. The fourth-order valence-electron chi connectivity index (χ4n) is 3.01. The van der Waals surface area contributed by atoms with Gasteiger partial charge in [0.2, 0.25) is 9.47 Å². The zero-order chi connectivity index (χ0) is 22.4. The molecule has 1 amide bonds. The van der Waals surface area contributed by atoms with Crippen LogP contribution in [0.25, 0.3) is 0 Å². The van der Waals surface area contributed by atoms with Crippen molar-refractivity contribution >= 4 is 38.1 Å². The molecule has 10 heteroatoms. The van der Waals surface area contributed by atoms with Crippen molar-refractivity contribution in [1.82, 2.24) is 14.9 Å². The number of anilines is 2. The van der Waals surface area contributed by atoms with Gasteiger partial charge in [-0.15, -0.1) is 10.2 Å². The molecule has 0 atom stereocenters. The number of amides is 1. The zero-order valence-electron chi connectivity index (χ0n) is 17.6. The maximum Gasteiger partial charge on any atom is 0.270 e. The third kappa shape index (κ3) is 5.66. The molecule has 0 aliphatic carbocycles. The van der Waals surface area contributed by atoms with Crippen LogP contribution in [0.1, 0.15) is 35.3 Å². The molecule has 0 unspecified atom stereocenters. The van der Waals surface area contributed by atoms with E-state index in [1.165, 1.54) is 0 Å². The quantitative estimate of drug-likeness (QED) is 0.475. The van der Waals surface area contributed by atoms with E-state index in [-0.39, 0.29) is 21.9 Å². The largest absolute Gasteiger partial charge is 0.372 e. The predicted octanol–water partition coefficient (Wildman–Crippen LogP) is 3.42. The summed E-state index contributed by atoms with van der Waals surface area (Å²) in [6.45, 7) is 7.94. The molecule has 0 spiro atoms. The summed E-state index contributed by atoms with van der Waals surface area (Å²) in [5.74, 6) is -0.362. The molecule has 0 aliphatic heterocycles. The molecule has 0 aliphatic rings. The Hall–Kier alpha value is -2.82. The summed E-state index contributed by atoms with van der Waals surface area (Å²) >= 11 is 0.805. The number of hydrogen-bond donors (Lipinski definition) is 2. The third-order valence-corrected chi connectivity index (χ3v) is 7.39. The first kappa shape index (κ1) is 22.9. The van der Waals surface area contributed by atoms with Crippen molar-refractivity contribution in [3.05, 3.63) is 65.2 Å². The molecule has 1 heterocycles. The highest BCUT2D eigenvalue weighted by atomic mass is 32.2. The maximum atomic E-state index is 12.6. The van der Waals surface area contributed by atoms with Crippen LogP contribution in [0.2, 0.25) is 0 Å².